The fourth-order valence-corrected chi connectivity index (χ4v) is 5.28. The number of carbonyl (C=O) groups is 6. The number of anilines is 1. The van der Waals surface area contributed by atoms with Crippen LogP contribution in [0.15, 0.2) is 24.3 Å². The van der Waals surface area contributed by atoms with Gasteiger partial charge in [-0.3, -0.25) is 39.0 Å². The van der Waals surface area contributed by atoms with Crippen LogP contribution in [0.2, 0.25) is 0 Å². The number of amides is 5. The Morgan fingerprint density at radius 3 is 2.29 bits per heavy atom. The lowest BCUT2D eigenvalue weighted by atomic mass is 9.97. The molecule has 1 fully saturated rings. The van der Waals surface area contributed by atoms with Crippen molar-refractivity contribution >= 4 is 50.4 Å². The molecule has 14 nitrogen and oxygen atoms in total. The van der Waals surface area contributed by atoms with Crippen LogP contribution in [-0.2, 0) is 44.8 Å². The van der Waals surface area contributed by atoms with Gasteiger partial charge in [0, 0.05) is 25.1 Å². The second-order valence-corrected chi connectivity index (χ2v) is 14.3. The molecular weight excluding hydrogens is 651 g/mol. The van der Waals surface area contributed by atoms with Crippen molar-refractivity contribution in [2.24, 2.45) is 17.1 Å². The summed E-state index contributed by atoms with van der Waals surface area (Å²) in [6.45, 7) is 10.2. The zero-order chi connectivity index (χ0) is 36.6. The number of nitrogens with zero attached hydrogens (tertiary/aromatic N) is 1. The lowest BCUT2D eigenvalue weighted by molar-refractivity contribution is -0.154. The summed E-state index contributed by atoms with van der Waals surface area (Å²) in [6, 6.07) is 5.12. The SMILES string of the molecule is CC(C)[C@H](NC(=O)CCCCCN1C(=O)CC(P)C1=O)C(=O)NC(CCCNCOCN)C(=O)Nc1ccc(COC(=O)C(C)(C)C)cc1. The molecule has 1 aromatic carbocycles. The Balaban J connectivity index is 1.95. The quantitative estimate of drug-likeness (QED) is 0.0415. The molecule has 15 heteroatoms. The summed E-state index contributed by atoms with van der Waals surface area (Å²) in [5.74, 6) is -2.13. The molecule has 49 heavy (non-hydrogen) atoms. The van der Waals surface area contributed by atoms with Crippen LogP contribution in [0, 0.1) is 11.3 Å². The first kappa shape index (κ1) is 41.7. The van der Waals surface area contributed by atoms with Gasteiger partial charge in [0.2, 0.25) is 29.5 Å². The first-order valence-electron chi connectivity index (χ1n) is 16.9. The first-order chi connectivity index (χ1) is 23.1. The third kappa shape index (κ3) is 14.9. The monoisotopic (exact) mass is 706 g/mol. The highest BCUT2D eigenvalue weighted by Crippen LogP contribution is 2.21. The second kappa shape index (κ2) is 20.9. The Kier molecular flexibility index (Phi) is 17.8. The summed E-state index contributed by atoms with van der Waals surface area (Å²) < 4.78 is 10.4. The molecule has 1 aliphatic rings. The van der Waals surface area contributed by atoms with Gasteiger partial charge in [0.05, 0.1) is 24.5 Å². The number of esters is 1. The number of ether oxygens (including phenoxy) is 2. The van der Waals surface area contributed by atoms with E-state index in [9.17, 15) is 28.8 Å². The van der Waals surface area contributed by atoms with Crippen LogP contribution in [0.3, 0.4) is 0 Å². The maximum Gasteiger partial charge on any atom is 0.311 e. The molecule has 1 aliphatic heterocycles. The van der Waals surface area contributed by atoms with E-state index in [-0.39, 0.29) is 68.2 Å². The number of carbonyl (C=O) groups excluding carboxylic acids is 6. The highest BCUT2D eigenvalue weighted by molar-refractivity contribution is 7.19. The number of unbranched alkanes of at least 4 members (excludes halogenated alkanes) is 2. The van der Waals surface area contributed by atoms with E-state index in [1.807, 2.05) is 13.8 Å². The molecule has 0 aromatic heterocycles. The highest BCUT2D eigenvalue weighted by Gasteiger charge is 2.35. The average Bonchev–Trinajstić information content (AvgIpc) is 3.28. The summed E-state index contributed by atoms with van der Waals surface area (Å²) in [5, 5.41) is 11.5. The second-order valence-electron chi connectivity index (χ2n) is 13.5. The topological polar surface area (TPSA) is 198 Å². The van der Waals surface area contributed by atoms with E-state index in [1.165, 1.54) is 4.90 Å². The minimum absolute atomic E-state index is 0.0769. The van der Waals surface area contributed by atoms with E-state index in [1.54, 1.807) is 45.0 Å². The van der Waals surface area contributed by atoms with Gasteiger partial charge in [-0.1, -0.05) is 32.4 Å². The number of rotatable bonds is 21. The van der Waals surface area contributed by atoms with Crippen LogP contribution in [0.5, 0.6) is 0 Å². The standard InChI is InChI=1S/C34H55N6O8P/c1-22(2)29(39-27(41)11-7-6-8-17-40-28(42)18-26(49)32(40)45)31(44)38-25(10-9-16-36-21-47-20-35)30(43)37-24-14-12-23(13-15-24)19-48-33(46)34(3,4)5/h12-15,22,25-26,29,36H,6-11,16-21,35,49H2,1-5H3,(H,37,43)(H,38,44)(H,39,41)/t25?,26?,29-/m0/s1. The molecule has 3 unspecified atom stereocenters. The number of nitrogens with one attached hydrogen (secondary N) is 4. The number of nitrogens with two attached hydrogens (primary N) is 1. The normalized spacial score (nSPS) is 16.0. The molecule has 0 aliphatic carbocycles. The van der Waals surface area contributed by atoms with Gasteiger partial charge in [0.1, 0.15) is 18.7 Å². The molecule has 4 atom stereocenters. The molecule has 1 aromatic rings. The van der Waals surface area contributed by atoms with E-state index >= 15 is 0 Å². The fraction of sp³-hybridized carbons (Fsp3) is 0.647. The molecule has 1 saturated heterocycles. The average molecular weight is 707 g/mol. The summed E-state index contributed by atoms with van der Waals surface area (Å²) in [6.07, 6.45) is 2.99. The Morgan fingerprint density at radius 1 is 1.00 bits per heavy atom. The number of hydrogen-bond donors (Lipinski definition) is 5. The molecular formula is C34H55N6O8P. The largest absolute Gasteiger partial charge is 0.460 e. The number of benzene rings is 1. The van der Waals surface area contributed by atoms with Gasteiger partial charge in [-0.25, -0.2) is 0 Å². The van der Waals surface area contributed by atoms with E-state index in [4.69, 9.17) is 15.2 Å². The third-order valence-electron chi connectivity index (χ3n) is 7.84. The summed E-state index contributed by atoms with van der Waals surface area (Å²) in [5.41, 5.74) is 5.63. The van der Waals surface area contributed by atoms with Crippen molar-refractivity contribution in [1.82, 2.24) is 20.9 Å². The van der Waals surface area contributed by atoms with E-state index in [0.717, 1.165) is 5.56 Å². The maximum absolute atomic E-state index is 13.4. The van der Waals surface area contributed by atoms with Crippen LogP contribution < -0.4 is 27.0 Å². The van der Waals surface area contributed by atoms with Gasteiger partial charge in [-0.15, -0.1) is 9.24 Å². The third-order valence-corrected chi connectivity index (χ3v) is 8.36. The summed E-state index contributed by atoms with van der Waals surface area (Å²) in [4.78, 5) is 77.0. The van der Waals surface area contributed by atoms with Gasteiger partial charge in [0.25, 0.3) is 0 Å². The Labute approximate surface area is 291 Å². The van der Waals surface area contributed by atoms with Crippen molar-refractivity contribution in [2.75, 3.05) is 31.9 Å². The highest BCUT2D eigenvalue weighted by atomic mass is 31.0. The van der Waals surface area contributed by atoms with Crippen LogP contribution in [0.1, 0.15) is 85.1 Å². The summed E-state index contributed by atoms with van der Waals surface area (Å²) >= 11 is 0. The van der Waals surface area contributed by atoms with E-state index < -0.39 is 29.3 Å². The fourth-order valence-electron chi connectivity index (χ4n) is 4.90. The number of imide groups is 1. The van der Waals surface area contributed by atoms with Gasteiger partial charge in [-0.2, -0.15) is 0 Å². The number of likely N-dealkylation sites (tertiary alicyclic amines) is 1. The molecule has 0 bridgehead atoms. The zero-order valence-electron chi connectivity index (χ0n) is 29.5. The molecule has 1 heterocycles. The smallest absolute Gasteiger partial charge is 0.311 e. The van der Waals surface area contributed by atoms with Crippen LogP contribution in [0.4, 0.5) is 5.69 Å². The van der Waals surface area contributed by atoms with Crippen molar-refractivity contribution in [2.45, 2.75) is 104 Å². The Hall–Kier alpha value is -3.45. The molecule has 0 saturated carbocycles. The summed E-state index contributed by atoms with van der Waals surface area (Å²) in [7, 11) is 2.39. The zero-order valence-corrected chi connectivity index (χ0v) is 30.6. The molecule has 6 N–H and O–H groups in total. The molecule has 2 rings (SSSR count). The van der Waals surface area contributed by atoms with Crippen molar-refractivity contribution in [1.29, 1.82) is 0 Å². The Morgan fingerprint density at radius 2 is 1.69 bits per heavy atom. The maximum atomic E-state index is 13.4. The van der Waals surface area contributed by atoms with Crippen LogP contribution in [0.25, 0.3) is 0 Å². The van der Waals surface area contributed by atoms with Gasteiger partial charge < -0.3 is 31.2 Å². The van der Waals surface area contributed by atoms with Crippen molar-refractivity contribution < 1.29 is 38.2 Å². The first-order valence-corrected chi connectivity index (χ1v) is 17.6. The minimum Gasteiger partial charge on any atom is -0.460 e. The lowest BCUT2D eigenvalue weighted by Gasteiger charge is -2.25. The number of hydrogen-bond acceptors (Lipinski definition) is 10. The molecule has 0 spiro atoms. The molecule has 0 radical (unpaired) electrons. The van der Waals surface area contributed by atoms with Gasteiger partial charge in [0.15, 0.2) is 0 Å². The van der Waals surface area contributed by atoms with Crippen molar-refractivity contribution in [3.63, 3.8) is 0 Å². The Bertz CT molecular complexity index is 1270. The van der Waals surface area contributed by atoms with Crippen LogP contribution >= 0.6 is 9.24 Å². The lowest BCUT2D eigenvalue weighted by Crippen LogP contribution is -2.54. The van der Waals surface area contributed by atoms with E-state index in [2.05, 4.69) is 30.5 Å². The predicted octanol–water partition coefficient (Wildman–Crippen LogP) is 2.16. The van der Waals surface area contributed by atoms with Gasteiger partial charge >= 0.3 is 5.97 Å². The molecule has 274 valence electrons. The van der Waals surface area contributed by atoms with Gasteiger partial charge in [-0.05, 0) is 76.6 Å². The minimum atomic E-state index is -0.896. The van der Waals surface area contributed by atoms with Crippen LogP contribution in [-0.4, -0.2) is 84.7 Å². The van der Waals surface area contributed by atoms with Crippen molar-refractivity contribution in [3.8, 4) is 0 Å². The van der Waals surface area contributed by atoms with Crippen molar-refractivity contribution in [3.05, 3.63) is 29.8 Å². The predicted molar refractivity (Wildman–Crippen MR) is 189 cm³/mol. The molecule has 5 amide bonds. The van der Waals surface area contributed by atoms with E-state index in [0.29, 0.717) is 50.9 Å².